The molecule has 1 N–H and O–H groups in total. The zero-order valence-corrected chi connectivity index (χ0v) is 10.5. The summed E-state index contributed by atoms with van der Waals surface area (Å²) < 4.78 is 0. The highest BCUT2D eigenvalue weighted by atomic mass is 15.1. The summed E-state index contributed by atoms with van der Waals surface area (Å²) in [5, 5.41) is 7.64. The Balaban J connectivity index is 1.66. The molecule has 0 atom stereocenters. The van der Waals surface area contributed by atoms with Gasteiger partial charge < -0.3 is 0 Å². The second-order valence-electron chi connectivity index (χ2n) is 5.00. The molecule has 1 aliphatic carbocycles. The predicted octanol–water partition coefficient (Wildman–Crippen LogP) is 3.80. The minimum absolute atomic E-state index is 1.19. The van der Waals surface area contributed by atoms with Crippen molar-refractivity contribution in [1.29, 1.82) is 0 Å². The summed E-state index contributed by atoms with van der Waals surface area (Å²) in [4.78, 5) is 0. The van der Waals surface area contributed by atoms with Gasteiger partial charge in [-0.05, 0) is 37.7 Å². The first-order chi connectivity index (χ1) is 7.92. The molecule has 90 valence electrons. The SMILES string of the molecule is CCCCCCCCc1n[nH]c2c1CCC2. The highest BCUT2D eigenvalue weighted by Crippen LogP contribution is 2.23. The molecule has 0 fully saturated rings. The zero-order chi connectivity index (χ0) is 11.2. The van der Waals surface area contributed by atoms with E-state index < -0.39 is 0 Å². The van der Waals surface area contributed by atoms with E-state index in [-0.39, 0.29) is 0 Å². The second kappa shape index (κ2) is 6.07. The Bertz CT molecular complexity index is 315. The average Bonchev–Trinajstić information content (AvgIpc) is 2.87. The van der Waals surface area contributed by atoms with Gasteiger partial charge in [0.25, 0.3) is 0 Å². The summed E-state index contributed by atoms with van der Waals surface area (Å²) >= 11 is 0. The molecule has 0 saturated heterocycles. The molecule has 1 aliphatic rings. The highest BCUT2D eigenvalue weighted by molar-refractivity contribution is 5.29. The van der Waals surface area contributed by atoms with Gasteiger partial charge in [-0.2, -0.15) is 5.10 Å². The van der Waals surface area contributed by atoms with E-state index in [1.54, 1.807) is 5.56 Å². The maximum absolute atomic E-state index is 4.45. The van der Waals surface area contributed by atoms with E-state index in [4.69, 9.17) is 0 Å². The fourth-order valence-corrected chi connectivity index (χ4v) is 2.67. The molecular formula is C14H24N2. The Labute approximate surface area is 98.8 Å². The molecule has 2 nitrogen and oxygen atoms in total. The van der Waals surface area contributed by atoms with E-state index in [0.29, 0.717) is 0 Å². The van der Waals surface area contributed by atoms with Gasteiger partial charge in [0.1, 0.15) is 0 Å². The Kier molecular flexibility index (Phi) is 4.44. The van der Waals surface area contributed by atoms with E-state index in [9.17, 15) is 0 Å². The second-order valence-corrected chi connectivity index (χ2v) is 5.00. The number of hydrogen-bond donors (Lipinski definition) is 1. The van der Waals surface area contributed by atoms with Crippen LogP contribution in [0.1, 0.15) is 68.8 Å². The van der Waals surface area contributed by atoms with Crippen LogP contribution in [-0.4, -0.2) is 10.2 Å². The van der Waals surface area contributed by atoms with E-state index in [1.807, 2.05) is 0 Å². The first-order valence-corrected chi connectivity index (χ1v) is 6.96. The molecule has 0 saturated carbocycles. The van der Waals surface area contributed by atoms with Crippen molar-refractivity contribution in [3.05, 3.63) is 17.0 Å². The number of rotatable bonds is 7. The van der Waals surface area contributed by atoms with Crippen molar-refractivity contribution in [2.75, 3.05) is 0 Å². The fraction of sp³-hybridized carbons (Fsp3) is 0.786. The van der Waals surface area contributed by atoms with E-state index in [1.165, 1.54) is 75.6 Å². The molecule has 2 rings (SSSR count). The molecule has 0 spiro atoms. The van der Waals surface area contributed by atoms with E-state index >= 15 is 0 Å². The Morgan fingerprint density at radius 3 is 2.75 bits per heavy atom. The van der Waals surface area contributed by atoms with Gasteiger partial charge in [0.2, 0.25) is 0 Å². The smallest absolute Gasteiger partial charge is 0.0656 e. The largest absolute Gasteiger partial charge is 0.282 e. The van der Waals surface area contributed by atoms with Gasteiger partial charge in [-0.15, -0.1) is 0 Å². The molecule has 16 heavy (non-hydrogen) atoms. The topological polar surface area (TPSA) is 28.7 Å². The molecule has 0 aliphatic heterocycles. The standard InChI is InChI=1S/C14H24N2/c1-2-3-4-5-6-7-10-13-12-9-8-11-14(12)16-15-13/h2-11H2,1H3,(H,15,16). The molecule has 1 heterocycles. The quantitative estimate of drug-likeness (QED) is 0.696. The maximum atomic E-state index is 4.45. The molecule has 2 heteroatoms. The zero-order valence-electron chi connectivity index (χ0n) is 10.5. The van der Waals surface area contributed by atoms with Crippen LogP contribution < -0.4 is 0 Å². The first-order valence-electron chi connectivity index (χ1n) is 6.96. The molecule has 1 aromatic heterocycles. The summed E-state index contributed by atoms with van der Waals surface area (Å²) in [7, 11) is 0. The summed E-state index contributed by atoms with van der Waals surface area (Å²) in [5.74, 6) is 0. The number of unbranched alkanes of at least 4 members (excludes halogenated alkanes) is 5. The maximum Gasteiger partial charge on any atom is 0.0656 e. The van der Waals surface area contributed by atoms with Crippen LogP contribution in [0.2, 0.25) is 0 Å². The third-order valence-corrected chi connectivity index (χ3v) is 3.66. The van der Waals surface area contributed by atoms with Gasteiger partial charge in [0.05, 0.1) is 5.69 Å². The van der Waals surface area contributed by atoms with Gasteiger partial charge in [0.15, 0.2) is 0 Å². The van der Waals surface area contributed by atoms with Crippen molar-refractivity contribution in [2.45, 2.75) is 71.1 Å². The number of nitrogens with zero attached hydrogens (tertiary/aromatic N) is 1. The molecule has 0 amide bonds. The van der Waals surface area contributed by atoms with Crippen LogP contribution in [0.15, 0.2) is 0 Å². The number of aryl methyl sites for hydroxylation is 2. The number of hydrogen-bond acceptors (Lipinski definition) is 1. The summed E-state index contributed by atoms with van der Waals surface area (Å²) in [6, 6.07) is 0. The highest BCUT2D eigenvalue weighted by Gasteiger charge is 2.17. The third-order valence-electron chi connectivity index (χ3n) is 3.66. The molecule has 0 aromatic carbocycles. The summed E-state index contributed by atoms with van der Waals surface area (Å²) in [5.41, 5.74) is 4.33. The number of aromatic nitrogens is 2. The van der Waals surface area contributed by atoms with Crippen molar-refractivity contribution in [3.8, 4) is 0 Å². The van der Waals surface area contributed by atoms with Crippen molar-refractivity contribution >= 4 is 0 Å². The monoisotopic (exact) mass is 220 g/mol. The Hall–Kier alpha value is -0.790. The number of aromatic amines is 1. The van der Waals surface area contributed by atoms with Gasteiger partial charge in [-0.3, -0.25) is 5.10 Å². The van der Waals surface area contributed by atoms with Crippen LogP contribution in [0.4, 0.5) is 0 Å². The number of fused-ring (bicyclic) bond motifs is 1. The lowest BCUT2D eigenvalue weighted by Gasteiger charge is -2.00. The lowest BCUT2D eigenvalue weighted by Crippen LogP contribution is -1.91. The van der Waals surface area contributed by atoms with Crippen molar-refractivity contribution in [2.24, 2.45) is 0 Å². The minimum atomic E-state index is 1.19. The summed E-state index contributed by atoms with van der Waals surface area (Å²) in [6.07, 6.45) is 13.3. The number of nitrogens with one attached hydrogen (secondary N) is 1. The summed E-state index contributed by atoms with van der Waals surface area (Å²) in [6.45, 7) is 2.27. The van der Waals surface area contributed by atoms with Crippen LogP contribution in [-0.2, 0) is 19.3 Å². The van der Waals surface area contributed by atoms with Crippen molar-refractivity contribution < 1.29 is 0 Å². The molecule has 0 unspecified atom stereocenters. The van der Waals surface area contributed by atoms with Crippen LogP contribution in [0, 0.1) is 0 Å². The Morgan fingerprint density at radius 1 is 1.06 bits per heavy atom. The van der Waals surface area contributed by atoms with Crippen molar-refractivity contribution in [3.63, 3.8) is 0 Å². The average molecular weight is 220 g/mol. The van der Waals surface area contributed by atoms with Crippen LogP contribution in [0.25, 0.3) is 0 Å². The molecule has 1 aromatic rings. The molecule has 0 radical (unpaired) electrons. The van der Waals surface area contributed by atoms with Gasteiger partial charge in [0, 0.05) is 5.69 Å². The van der Waals surface area contributed by atoms with Gasteiger partial charge in [-0.25, -0.2) is 0 Å². The van der Waals surface area contributed by atoms with Crippen LogP contribution in [0.3, 0.4) is 0 Å². The van der Waals surface area contributed by atoms with Crippen molar-refractivity contribution in [1.82, 2.24) is 10.2 Å². The van der Waals surface area contributed by atoms with Gasteiger partial charge in [-0.1, -0.05) is 39.0 Å². The number of H-pyrrole nitrogens is 1. The third kappa shape index (κ3) is 2.87. The molecular weight excluding hydrogens is 196 g/mol. The molecule has 0 bridgehead atoms. The van der Waals surface area contributed by atoms with Gasteiger partial charge >= 0.3 is 0 Å². The first kappa shape index (κ1) is 11.7. The van der Waals surface area contributed by atoms with E-state index in [0.717, 1.165) is 0 Å². The normalized spacial score (nSPS) is 14.3. The minimum Gasteiger partial charge on any atom is -0.282 e. The Morgan fingerprint density at radius 2 is 1.88 bits per heavy atom. The van der Waals surface area contributed by atoms with Crippen LogP contribution in [0.5, 0.6) is 0 Å². The fourth-order valence-electron chi connectivity index (χ4n) is 2.67. The van der Waals surface area contributed by atoms with E-state index in [2.05, 4.69) is 17.1 Å². The lowest BCUT2D eigenvalue weighted by molar-refractivity contribution is 0.603. The lowest BCUT2D eigenvalue weighted by atomic mass is 10.1. The predicted molar refractivity (Wildman–Crippen MR) is 67.7 cm³/mol. The van der Waals surface area contributed by atoms with Crippen LogP contribution >= 0.6 is 0 Å².